The van der Waals surface area contributed by atoms with E-state index in [4.69, 9.17) is 11.5 Å². The number of hydrogen-bond acceptors (Lipinski definition) is 6. The molecule has 0 saturated heterocycles. The topological polar surface area (TPSA) is 108 Å². The lowest BCUT2D eigenvalue weighted by Crippen LogP contribution is -2.02. The van der Waals surface area contributed by atoms with Gasteiger partial charge in [-0.05, 0) is 24.1 Å². The fourth-order valence-corrected chi connectivity index (χ4v) is 2.56. The van der Waals surface area contributed by atoms with Gasteiger partial charge in [0.15, 0.2) is 17.0 Å². The third-order valence-corrected chi connectivity index (χ3v) is 3.52. The number of nitrogens with two attached hydrogens (primary N) is 2. The van der Waals surface area contributed by atoms with E-state index in [1.54, 1.807) is 6.33 Å². The van der Waals surface area contributed by atoms with Crippen LogP contribution in [-0.2, 0) is 6.42 Å². The van der Waals surface area contributed by atoms with Gasteiger partial charge in [0.2, 0.25) is 5.95 Å². The van der Waals surface area contributed by atoms with Crippen molar-refractivity contribution < 1.29 is 0 Å². The molecule has 3 heterocycles. The zero-order chi connectivity index (χ0) is 13.7. The van der Waals surface area contributed by atoms with Crippen LogP contribution in [0.1, 0.15) is 5.56 Å². The van der Waals surface area contributed by atoms with Gasteiger partial charge in [-0.1, -0.05) is 6.07 Å². The molecule has 7 nitrogen and oxygen atoms in total. The highest BCUT2D eigenvalue weighted by atomic mass is 15.2. The Bertz CT molecular complexity index is 821. The summed E-state index contributed by atoms with van der Waals surface area (Å²) in [7, 11) is 0. The highest BCUT2D eigenvalue weighted by Crippen LogP contribution is 2.27. The summed E-state index contributed by atoms with van der Waals surface area (Å²) in [5.74, 6) is 0.446. The molecule has 1 aliphatic rings. The Balaban J connectivity index is 1.94. The molecule has 0 amide bonds. The van der Waals surface area contributed by atoms with E-state index in [9.17, 15) is 0 Å². The van der Waals surface area contributed by atoms with Crippen LogP contribution in [0.2, 0.25) is 0 Å². The van der Waals surface area contributed by atoms with Gasteiger partial charge in [0.1, 0.15) is 6.33 Å². The van der Waals surface area contributed by atoms with Crippen LogP contribution in [0, 0.1) is 0 Å². The maximum atomic E-state index is 5.82. The quantitative estimate of drug-likeness (QED) is 0.606. The fourth-order valence-electron chi connectivity index (χ4n) is 2.56. The van der Waals surface area contributed by atoms with Crippen molar-refractivity contribution in [2.75, 3.05) is 23.3 Å². The molecular formula is C13H13N7. The number of nitrogens with one attached hydrogen (secondary N) is 1. The van der Waals surface area contributed by atoms with Gasteiger partial charge in [-0.25, -0.2) is 4.98 Å². The predicted molar refractivity (Wildman–Crippen MR) is 77.7 cm³/mol. The van der Waals surface area contributed by atoms with Crippen LogP contribution in [0.3, 0.4) is 0 Å². The third-order valence-electron chi connectivity index (χ3n) is 3.52. The number of rotatable bonds is 1. The minimum atomic E-state index is 0.149. The molecule has 0 radical (unpaired) electrons. The van der Waals surface area contributed by atoms with Gasteiger partial charge in [-0.2, -0.15) is 9.97 Å². The van der Waals surface area contributed by atoms with E-state index in [1.165, 1.54) is 5.56 Å². The first kappa shape index (κ1) is 11.0. The molecular weight excluding hydrogens is 254 g/mol. The minimum Gasteiger partial charge on any atom is -0.384 e. The minimum absolute atomic E-state index is 0.149. The Hall–Kier alpha value is -2.83. The predicted octanol–water partition coefficient (Wildman–Crippen LogP) is 0.948. The van der Waals surface area contributed by atoms with Crippen molar-refractivity contribution in [3.05, 3.63) is 30.1 Å². The Morgan fingerprint density at radius 3 is 3.00 bits per heavy atom. The van der Waals surface area contributed by atoms with Gasteiger partial charge < -0.3 is 16.8 Å². The van der Waals surface area contributed by atoms with Crippen molar-refractivity contribution in [2.45, 2.75) is 6.42 Å². The lowest BCUT2D eigenvalue weighted by Gasteiger charge is -2.07. The van der Waals surface area contributed by atoms with E-state index in [-0.39, 0.29) is 5.95 Å². The van der Waals surface area contributed by atoms with Crippen molar-refractivity contribution in [1.29, 1.82) is 0 Å². The summed E-state index contributed by atoms with van der Waals surface area (Å²) in [6.07, 6.45) is 2.74. The number of aromatic nitrogens is 4. The molecule has 2 aromatic heterocycles. The maximum Gasteiger partial charge on any atom is 0.224 e. The van der Waals surface area contributed by atoms with E-state index in [0.29, 0.717) is 17.0 Å². The largest absolute Gasteiger partial charge is 0.384 e. The van der Waals surface area contributed by atoms with Crippen molar-refractivity contribution in [3.8, 4) is 5.69 Å². The van der Waals surface area contributed by atoms with Crippen molar-refractivity contribution >= 4 is 28.6 Å². The average Bonchev–Trinajstić information content (AvgIpc) is 3.03. The van der Waals surface area contributed by atoms with Gasteiger partial charge in [-0.3, -0.25) is 4.57 Å². The standard InChI is InChI=1S/C13H13N7/c14-11-10-12(19-13(15)18-11)20(6-17-10)8-2-1-7-3-4-16-9(7)5-8/h1-2,5-6,16H,3-4H2,(H4,14,15,18,19). The first-order valence-electron chi connectivity index (χ1n) is 6.35. The zero-order valence-corrected chi connectivity index (χ0v) is 10.7. The molecule has 0 spiro atoms. The first-order chi connectivity index (χ1) is 9.72. The molecule has 0 unspecified atom stereocenters. The summed E-state index contributed by atoms with van der Waals surface area (Å²) in [6.45, 7) is 0.978. The van der Waals surface area contributed by atoms with E-state index in [0.717, 1.165) is 24.3 Å². The lowest BCUT2D eigenvalue weighted by atomic mass is 10.1. The molecule has 0 fully saturated rings. The van der Waals surface area contributed by atoms with Crippen molar-refractivity contribution in [2.24, 2.45) is 0 Å². The summed E-state index contributed by atoms with van der Waals surface area (Å²) < 4.78 is 1.87. The molecule has 4 rings (SSSR count). The number of hydrogen-bond donors (Lipinski definition) is 3. The second-order valence-corrected chi connectivity index (χ2v) is 4.77. The van der Waals surface area contributed by atoms with Crippen LogP contribution >= 0.6 is 0 Å². The number of fused-ring (bicyclic) bond motifs is 2. The molecule has 1 aliphatic heterocycles. The molecule has 0 atom stereocenters. The van der Waals surface area contributed by atoms with E-state index in [1.807, 2.05) is 10.6 Å². The molecule has 0 bridgehead atoms. The summed E-state index contributed by atoms with van der Waals surface area (Å²) in [4.78, 5) is 12.4. The van der Waals surface area contributed by atoms with Gasteiger partial charge in [0.05, 0.1) is 5.69 Å². The molecule has 3 aromatic rings. The number of imidazole rings is 1. The van der Waals surface area contributed by atoms with Gasteiger partial charge >= 0.3 is 0 Å². The molecule has 20 heavy (non-hydrogen) atoms. The molecule has 1 aromatic carbocycles. The smallest absolute Gasteiger partial charge is 0.224 e. The monoisotopic (exact) mass is 267 g/mol. The van der Waals surface area contributed by atoms with Crippen LogP contribution in [0.25, 0.3) is 16.9 Å². The maximum absolute atomic E-state index is 5.82. The summed E-state index contributed by atoms with van der Waals surface area (Å²) in [5.41, 5.74) is 16.1. The van der Waals surface area contributed by atoms with Crippen molar-refractivity contribution in [3.63, 3.8) is 0 Å². The summed E-state index contributed by atoms with van der Waals surface area (Å²) >= 11 is 0. The Morgan fingerprint density at radius 2 is 2.10 bits per heavy atom. The zero-order valence-electron chi connectivity index (χ0n) is 10.7. The number of anilines is 3. The first-order valence-corrected chi connectivity index (χ1v) is 6.35. The van der Waals surface area contributed by atoms with Crippen LogP contribution in [-0.4, -0.2) is 26.1 Å². The normalized spacial score (nSPS) is 13.4. The van der Waals surface area contributed by atoms with Crippen molar-refractivity contribution in [1.82, 2.24) is 19.5 Å². The number of nitrogen functional groups attached to an aromatic ring is 2. The number of nitrogens with zero attached hydrogens (tertiary/aromatic N) is 4. The van der Waals surface area contributed by atoms with Gasteiger partial charge in [0, 0.05) is 12.2 Å². The molecule has 0 saturated carbocycles. The van der Waals surface area contributed by atoms with Crippen LogP contribution in [0.4, 0.5) is 17.5 Å². The summed E-state index contributed by atoms with van der Waals surface area (Å²) in [5, 5.41) is 3.36. The lowest BCUT2D eigenvalue weighted by molar-refractivity contribution is 1.06. The number of benzene rings is 1. The van der Waals surface area contributed by atoms with Crippen LogP contribution in [0.5, 0.6) is 0 Å². The van der Waals surface area contributed by atoms with Gasteiger partial charge in [0.25, 0.3) is 0 Å². The summed E-state index contributed by atoms with van der Waals surface area (Å²) in [6, 6.07) is 6.24. The highest BCUT2D eigenvalue weighted by Gasteiger charge is 2.14. The van der Waals surface area contributed by atoms with Gasteiger partial charge in [-0.15, -0.1) is 0 Å². The van der Waals surface area contributed by atoms with E-state index >= 15 is 0 Å². The van der Waals surface area contributed by atoms with Crippen LogP contribution in [0.15, 0.2) is 24.5 Å². The van der Waals surface area contributed by atoms with Crippen LogP contribution < -0.4 is 16.8 Å². The molecule has 7 heteroatoms. The molecule has 0 aliphatic carbocycles. The molecule has 100 valence electrons. The van der Waals surface area contributed by atoms with E-state index in [2.05, 4.69) is 32.4 Å². The highest BCUT2D eigenvalue weighted by molar-refractivity contribution is 5.84. The second-order valence-electron chi connectivity index (χ2n) is 4.77. The Morgan fingerprint density at radius 1 is 1.20 bits per heavy atom. The average molecular weight is 267 g/mol. The van der Waals surface area contributed by atoms with E-state index < -0.39 is 0 Å². The second kappa shape index (κ2) is 3.83. The SMILES string of the molecule is Nc1nc(N)c2ncn(-c3ccc4c(c3)NCC4)c2n1. The third kappa shape index (κ3) is 1.49. The Kier molecular flexibility index (Phi) is 2.11. The molecule has 5 N–H and O–H groups in total. The fraction of sp³-hybridized carbons (Fsp3) is 0.154. The Labute approximate surface area is 114 Å².